The molecule has 2 fully saturated rings. The van der Waals surface area contributed by atoms with Gasteiger partial charge in [-0.15, -0.1) is 0 Å². The molecule has 29 heavy (non-hydrogen) atoms. The molecule has 1 aromatic carbocycles. The Morgan fingerprint density at radius 3 is 2.41 bits per heavy atom. The summed E-state index contributed by atoms with van der Waals surface area (Å²) >= 11 is 0. The van der Waals surface area contributed by atoms with Crippen molar-refractivity contribution in [2.45, 2.75) is 57.5 Å². The largest absolute Gasteiger partial charge is 0.337 e. The molecule has 1 spiro atoms. The maximum atomic E-state index is 13.1. The van der Waals surface area contributed by atoms with Gasteiger partial charge in [0.15, 0.2) is 0 Å². The fourth-order valence-corrected chi connectivity index (χ4v) is 4.37. The van der Waals surface area contributed by atoms with Crippen molar-refractivity contribution in [3.63, 3.8) is 0 Å². The Labute approximate surface area is 171 Å². The first-order valence-corrected chi connectivity index (χ1v) is 10.3. The summed E-state index contributed by atoms with van der Waals surface area (Å²) in [5.41, 5.74) is 0.708. The molecule has 7 heteroatoms. The van der Waals surface area contributed by atoms with Crippen molar-refractivity contribution >= 4 is 17.8 Å². The van der Waals surface area contributed by atoms with E-state index in [-0.39, 0.29) is 24.4 Å². The predicted molar refractivity (Wildman–Crippen MR) is 108 cm³/mol. The van der Waals surface area contributed by atoms with Crippen LogP contribution >= 0.6 is 0 Å². The Hall–Kier alpha value is -2.88. The number of urea groups is 1. The van der Waals surface area contributed by atoms with Crippen LogP contribution in [0.15, 0.2) is 24.3 Å². The van der Waals surface area contributed by atoms with E-state index in [1.165, 1.54) is 0 Å². The Bertz CT molecular complexity index is 821. The van der Waals surface area contributed by atoms with Crippen molar-refractivity contribution in [2.24, 2.45) is 0 Å². The second-order valence-electron chi connectivity index (χ2n) is 7.95. The van der Waals surface area contributed by atoms with E-state index in [1.807, 2.05) is 19.1 Å². The lowest BCUT2D eigenvalue weighted by atomic mass is 9.81. The molecule has 2 aliphatic rings. The molecule has 1 heterocycles. The molecule has 0 atom stereocenters. The summed E-state index contributed by atoms with van der Waals surface area (Å²) in [6.07, 6.45) is 5.03. The van der Waals surface area contributed by atoms with Gasteiger partial charge in [-0.3, -0.25) is 14.5 Å². The molecule has 1 saturated carbocycles. The van der Waals surface area contributed by atoms with Crippen LogP contribution in [0.4, 0.5) is 4.79 Å². The van der Waals surface area contributed by atoms with Gasteiger partial charge < -0.3 is 9.80 Å². The molecule has 1 aliphatic heterocycles. The summed E-state index contributed by atoms with van der Waals surface area (Å²) < 4.78 is 0. The average molecular weight is 396 g/mol. The van der Waals surface area contributed by atoms with Crippen LogP contribution in [0, 0.1) is 11.3 Å². The minimum absolute atomic E-state index is 0.222. The topological polar surface area (TPSA) is 84.7 Å². The second kappa shape index (κ2) is 8.64. The van der Waals surface area contributed by atoms with Gasteiger partial charge in [0.2, 0.25) is 5.91 Å². The van der Waals surface area contributed by atoms with E-state index in [0.29, 0.717) is 31.5 Å². The lowest BCUT2D eigenvalue weighted by molar-refractivity contribution is -0.140. The van der Waals surface area contributed by atoms with Crippen LogP contribution in [0.5, 0.6) is 0 Å². The molecule has 3 rings (SSSR count). The number of carbonyl (C=O) groups is 3. The van der Waals surface area contributed by atoms with Gasteiger partial charge in [0.1, 0.15) is 12.1 Å². The molecule has 1 aliphatic carbocycles. The maximum Gasteiger partial charge on any atom is 0.327 e. The first kappa shape index (κ1) is 20.8. The standard InChI is InChI=1S/C22H28N4O3/c1-3-13-25(15-18-9-7-17(14-23)8-10-18)19(27)16-26-20(28)22(24(2)21(26)29)11-5-4-6-12-22/h7-10H,3-6,11-13,15-16H2,1-2H3. The number of nitriles is 1. The maximum absolute atomic E-state index is 13.1. The van der Waals surface area contributed by atoms with Gasteiger partial charge in [0.25, 0.3) is 5.91 Å². The van der Waals surface area contributed by atoms with Crippen LogP contribution in [0.25, 0.3) is 0 Å². The van der Waals surface area contributed by atoms with Crippen LogP contribution < -0.4 is 0 Å². The quantitative estimate of drug-likeness (QED) is 0.692. The summed E-state index contributed by atoms with van der Waals surface area (Å²) in [4.78, 5) is 43.2. The average Bonchev–Trinajstić information content (AvgIpc) is 2.91. The van der Waals surface area contributed by atoms with Gasteiger partial charge in [0, 0.05) is 20.1 Å². The van der Waals surface area contributed by atoms with Crippen molar-refractivity contribution in [1.29, 1.82) is 5.26 Å². The van der Waals surface area contributed by atoms with E-state index < -0.39 is 5.54 Å². The number of benzene rings is 1. The highest BCUT2D eigenvalue weighted by atomic mass is 16.2. The Balaban J connectivity index is 1.72. The van der Waals surface area contributed by atoms with Crippen LogP contribution in [0.3, 0.4) is 0 Å². The molecular weight excluding hydrogens is 368 g/mol. The van der Waals surface area contributed by atoms with Crippen LogP contribution in [0.2, 0.25) is 0 Å². The molecular formula is C22H28N4O3. The number of rotatable bonds is 6. The lowest BCUT2D eigenvalue weighted by Gasteiger charge is -2.35. The van der Waals surface area contributed by atoms with E-state index >= 15 is 0 Å². The SMILES string of the molecule is CCCN(Cc1ccc(C#N)cc1)C(=O)CN1C(=O)N(C)C2(CCCCC2)C1=O. The van der Waals surface area contributed by atoms with Crippen molar-refractivity contribution in [1.82, 2.24) is 14.7 Å². The van der Waals surface area contributed by atoms with Gasteiger partial charge in [-0.05, 0) is 37.0 Å². The zero-order chi connectivity index (χ0) is 21.0. The summed E-state index contributed by atoms with van der Waals surface area (Å²) in [6.45, 7) is 2.68. The zero-order valence-corrected chi connectivity index (χ0v) is 17.2. The van der Waals surface area contributed by atoms with Crippen molar-refractivity contribution in [2.75, 3.05) is 20.1 Å². The summed E-state index contributed by atoms with van der Waals surface area (Å²) in [7, 11) is 1.68. The molecule has 7 nitrogen and oxygen atoms in total. The summed E-state index contributed by atoms with van der Waals surface area (Å²) in [6, 6.07) is 8.80. The van der Waals surface area contributed by atoms with Crippen LogP contribution in [0.1, 0.15) is 56.6 Å². The fourth-order valence-electron chi connectivity index (χ4n) is 4.37. The van der Waals surface area contributed by atoms with Gasteiger partial charge in [-0.25, -0.2) is 4.79 Å². The molecule has 1 saturated heterocycles. The highest BCUT2D eigenvalue weighted by Gasteiger charge is 2.55. The third kappa shape index (κ3) is 3.98. The number of hydrogen-bond donors (Lipinski definition) is 0. The Morgan fingerprint density at radius 2 is 1.83 bits per heavy atom. The predicted octanol–water partition coefficient (Wildman–Crippen LogP) is 2.89. The first-order valence-electron chi connectivity index (χ1n) is 10.3. The molecule has 0 aromatic heterocycles. The van der Waals surface area contributed by atoms with Gasteiger partial charge in [-0.2, -0.15) is 5.26 Å². The van der Waals surface area contributed by atoms with E-state index in [9.17, 15) is 14.4 Å². The molecule has 0 N–H and O–H groups in total. The zero-order valence-electron chi connectivity index (χ0n) is 17.2. The number of nitrogens with zero attached hydrogens (tertiary/aromatic N) is 4. The third-order valence-corrected chi connectivity index (χ3v) is 6.08. The minimum Gasteiger partial charge on any atom is -0.337 e. The fraction of sp³-hybridized carbons (Fsp3) is 0.545. The summed E-state index contributed by atoms with van der Waals surface area (Å²) in [5.74, 6) is -0.466. The van der Waals surface area contributed by atoms with E-state index in [2.05, 4.69) is 6.07 Å². The molecule has 0 unspecified atom stereocenters. The molecule has 154 valence electrons. The normalized spacial score (nSPS) is 18.2. The van der Waals surface area contributed by atoms with Gasteiger partial charge in [-0.1, -0.05) is 38.3 Å². The number of likely N-dealkylation sites (N-methyl/N-ethyl adjacent to an activating group) is 1. The molecule has 0 bridgehead atoms. The van der Waals surface area contributed by atoms with E-state index in [1.54, 1.807) is 29.0 Å². The number of carbonyl (C=O) groups excluding carboxylic acids is 3. The molecule has 1 aromatic rings. The number of imide groups is 1. The highest BCUT2D eigenvalue weighted by molar-refractivity contribution is 6.08. The van der Waals surface area contributed by atoms with Gasteiger partial charge in [0.05, 0.1) is 11.6 Å². The van der Waals surface area contributed by atoms with E-state index in [4.69, 9.17) is 5.26 Å². The Kier molecular flexibility index (Phi) is 6.21. The van der Waals surface area contributed by atoms with Crippen LogP contribution in [-0.4, -0.2) is 58.2 Å². The van der Waals surface area contributed by atoms with Gasteiger partial charge >= 0.3 is 6.03 Å². The highest BCUT2D eigenvalue weighted by Crippen LogP contribution is 2.39. The minimum atomic E-state index is -0.766. The van der Waals surface area contributed by atoms with Crippen LogP contribution in [-0.2, 0) is 16.1 Å². The number of hydrogen-bond acceptors (Lipinski definition) is 4. The smallest absolute Gasteiger partial charge is 0.327 e. The molecule has 4 amide bonds. The summed E-state index contributed by atoms with van der Waals surface area (Å²) in [5, 5.41) is 8.93. The van der Waals surface area contributed by atoms with Crippen molar-refractivity contribution in [3.05, 3.63) is 35.4 Å². The van der Waals surface area contributed by atoms with Crippen molar-refractivity contribution < 1.29 is 14.4 Å². The van der Waals surface area contributed by atoms with Crippen molar-refractivity contribution in [3.8, 4) is 6.07 Å². The number of amides is 4. The third-order valence-electron chi connectivity index (χ3n) is 6.08. The molecule has 0 radical (unpaired) electrons. The second-order valence-corrected chi connectivity index (χ2v) is 7.95. The van der Waals surface area contributed by atoms with E-state index in [0.717, 1.165) is 36.1 Å². The first-order chi connectivity index (χ1) is 13.9. The Morgan fingerprint density at radius 1 is 1.17 bits per heavy atom. The lowest BCUT2D eigenvalue weighted by Crippen LogP contribution is -2.49. The monoisotopic (exact) mass is 396 g/mol.